The third-order valence-electron chi connectivity index (χ3n) is 3.62. The van der Waals surface area contributed by atoms with Crippen molar-refractivity contribution in [1.82, 2.24) is 20.2 Å². The number of benzene rings is 2. The average molecular weight is 338 g/mol. The van der Waals surface area contributed by atoms with Crippen LogP contribution in [0.3, 0.4) is 0 Å². The van der Waals surface area contributed by atoms with Crippen molar-refractivity contribution in [3.8, 4) is 5.69 Å². The van der Waals surface area contributed by atoms with E-state index in [4.69, 9.17) is 0 Å². The Morgan fingerprint density at radius 2 is 2.08 bits per heavy atom. The first-order valence-electron chi connectivity index (χ1n) is 7.41. The van der Waals surface area contributed by atoms with Gasteiger partial charge in [0.1, 0.15) is 6.33 Å². The van der Waals surface area contributed by atoms with Crippen LogP contribution in [0.2, 0.25) is 0 Å². The zero-order valence-electron chi connectivity index (χ0n) is 13.3. The molecule has 0 fully saturated rings. The molecule has 0 aliphatic carbocycles. The van der Waals surface area contributed by atoms with Crippen LogP contribution in [0.5, 0.6) is 0 Å². The molecule has 1 amide bonds. The van der Waals surface area contributed by atoms with Gasteiger partial charge in [0.25, 0.3) is 5.69 Å². The maximum atomic E-state index is 12.2. The first-order chi connectivity index (χ1) is 12.0. The van der Waals surface area contributed by atoms with E-state index in [-0.39, 0.29) is 18.0 Å². The molecule has 0 bridgehead atoms. The SMILES string of the molecule is Cc1cc(NC(=O)Cc2ccccc2[N+](=O)[O-])ccc1-n1cnnn1. The van der Waals surface area contributed by atoms with Gasteiger partial charge in [-0.2, -0.15) is 0 Å². The molecule has 0 aliphatic heterocycles. The Labute approximate surface area is 142 Å². The van der Waals surface area contributed by atoms with Gasteiger partial charge >= 0.3 is 0 Å². The number of rotatable bonds is 5. The minimum absolute atomic E-state index is 0.0668. The molecule has 0 aliphatic rings. The molecule has 0 saturated heterocycles. The van der Waals surface area contributed by atoms with Gasteiger partial charge in [-0.3, -0.25) is 14.9 Å². The third kappa shape index (κ3) is 3.66. The van der Waals surface area contributed by atoms with Crippen molar-refractivity contribution in [2.45, 2.75) is 13.3 Å². The number of tetrazole rings is 1. The van der Waals surface area contributed by atoms with Crippen molar-refractivity contribution in [3.63, 3.8) is 0 Å². The van der Waals surface area contributed by atoms with Crippen LogP contribution in [-0.4, -0.2) is 31.0 Å². The average Bonchev–Trinajstić information content (AvgIpc) is 3.09. The maximum Gasteiger partial charge on any atom is 0.273 e. The standard InChI is InChI=1S/C16H14N6O3/c1-11-8-13(6-7-14(11)21-10-17-19-20-21)18-16(23)9-12-4-2-3-5-15(12)22(24)25/h2-8,10H,9H2,1H3,(H,18,23). The van der Waals surface area contributed by atoms with Gasteiger partial charge in [-0.05, 0) is 41.1 Å². The van der Waals surface area contributed by atoms with Gasteiger partial charge in [-0.1, -0.05) is 18.2 Å². The number of nitrogens with one attached hydrogen (secondary N) is 1. The Morgan fingerprint density at radius 1 is 1.28 bits per heavy atom. The number of nitro benzene ring substituents is 1. The third-order valence-corrected chi connectivity index (χ3v) is 3.62. The summed E-state index contributed by atoms with van der Waals surface area (Å²) >= 11 is 0. The van der Waals surface area contributed by atoms with E-state index in [1.165, 1.54) is 17.1 Å². The van der Waals surface area contributed by atoms with Crippen LogP contribution in [0.1, 0.15) is 11.1 Å². The quantitative estimate of drug-likeness (QED) is 0.562. The Morgan fingerprint density at radius 3 is 2.76 bits per heavy atom. The van der Waals surface area contributed by atoms with E-state index < -0.39 is 4.92 Å². The molecule has 25 heavy (non-hydrogen) atoms. The van der Waals surface area contributed by atoms with Crippen LogP contribution in [0.4, 0.5) is 11.4 Å². The number of hydrogen-bond donors (Lipinski definition) is 1. The summed E-state index contributed by atoms with van der Waals surface area (Å²) < 4.78 is 1.52. The number of anilines is 1. The van der Waals surface area contributed by atoms with Gasteiger partial charge in [-0.15, -0.1) is 5.10 Å². The molecule has 1 aromatic heterocycles. The lowest BCUT2D eigenvalue weighted by Crippen LogP contribution is -2.15. The normalized spacial score (nSPS) is 10.4. The minimum atomic E-state index is -0.492. The fourth-order valence-corrected chi connectivity index (χ4v) is 2.48. The van der Waals surface area contributed by atoms with Gasteiger partial charge in [0.05, 0.1) is 17.0 Å². The fourth-order valence-electron chi connectivity index (χ4n) is 2.48. The summed E-state index contributed by atoms with van der Waals surface area (Å²) in [6, 6.07) is 11.5. The molecular weight excluding hydrogens is 324 g/mol. The van der Waals surface area contributed by atoms with Crippen LogP contribution in [0.15, 0.2) is 48.8 Å². The first-order valence-corrected chi connectivity index (χ1v) is 7.41. The van der Waals surface area contributed by atoms with Gasteiger partial charge in [-0.25, -0.2) is 4.68 Å². The van der Waals surface area contributed by atoms with Crippen molar-refractivity contribution in [2.24, 2.45) is 0 Å². The Balaban J connectivity index is 1.74. The van der Waals surface area contributed by atoms with Crippen LogP contribution in [0, 0.1) is 17.0 Å². The molecule has 126 valence electrons. The van der Waals surface area contributed by atoms with Crippen molar-refractivity contribution < 1.29 is 9.72 Å². The molecule has 3 aromatic rings. The van der Waals surface area contributed by atoms with E-state index in [0.717, 1.165) is 11.3 Å². The van der Waals surface area contributed by atoms with E-state index in [9.17, 15) is 14.9 Å². The molecule has 1 heterocycles. The van der Waals surface area contributed by atoms with Crippen LogP contribution in [0.25, 0.3) is 5.69 Å². The van der Waals surface area contributed by atoms with Gasteiger partial charge in [0.2, 0.25) is 5.91 Å². The highest BCUT2D eigenvalue weighted by molar-refractivity contribution is 5.93. The number of carbonyl (C=O) groups excluding carboxylic acids is 1. The lowest BCUT2D eigenvalue weighted by atomic mass is 10.1. The Bertz CT molecular complexity index is 923. The van der Waals surface area contributed by atoms with Crippen LogP contribution < -0.4 is 5.32 Å². The molecule has 3 rings (SSSR count). The smallest absolute Gasteiger partial charge is 0.273 e. The van der Waals surface area contributed by atoms with Crippen molar-refractivity contribution >= 4 is 17.3 Å². The van der Waals surface area contributed by atoms with E-state index in [1.54, 1.807) is 36.4 Å². The molecule has 0 radical (unpaired) electrons. The number of nitro groups is 1. The zero-order chi connectivity index (χ0) is 17.8. The van der Waals surface area contributed by atoms with Gasteiger partial charge in [0, 0.05) is 17.3 Å². The predicted octanol–water partition coefficient (Wildman–Crippen LogP) is 2.06. The number of hydrogen-bond acceptors (Lipinski definition) is 6. The summed E-state index contributed by atoms with van der Waals surface area (Å²) in [5, 5.41) is 24.8. The fraction of sp³-hybridized carbons (Fsp3) is 0.125. The summed E-state index contributed by atoms with van der Waals surface area (Å²) in [7, 11) is 0. The summed E-state index contributed by atoms with van der Waals surface area (Å²) in [4.78, 5) is 22.7. The van der Waals surface area contributed by atoms with Crippen LogP contribution >= 0.6 is 0 Å². The molecule has 0 saturated carbocycles. The highest BCUT2D eigenvalue weighted by atomic mass is 16.6. The second kappa shape index (κ2) is 6.87. The first kappa shape index (κ1) is 16.2. The number of carbonyl (C=O) groups is 1. The Hall–Kier alpha value is -3.62. The van der Waals surface area contributed by atoms with E-state index in [0.29, 0.717) is 11.3 Å². The largest absolute Gasteiger partial charge is 0.326 e. The molecular formula is C16H14N6O3. The second-order valence-corrected chi connectivity index (χ2v) is 5.37. The molecule has 0 atom stereocenters. The number of nitrogens with zero attached hydrogens (tertiary/aromatic N) is 5. The maximum absolute atomic E-state index is 12.2. The van der Waals surface area contributed by atoms with Crippen molar-refractivity contribution in [3.05, 3.63) is 70.0 Å². The number of para-hydroxylation sites is 1. The number of amides is 1. The summed E-state index contributed by atoms with van der Waals surface area (Å²) in [5.74, 6) is -0.330. The summed E-state index contributed by atoms with van der Waals surface area (Å²) in [6.07, 6.45) is 1.40. The molecule has 0 spiro atoms. The second-order valence-electron chi connectivity index (χ2n) is 5.37. The zero-order valence-corrected chi connectivity index (χ0v) is 13.3. The van der Waals surface area contributed by atoms with E-state index in [1.807, 2.05) is 6.92 Å². The molecule has 0 unspecified atom stereocenters. The number of aromatic nitrogens is 4. The topological polar surface area (TPSA) is 116 Å². The van der Waals surface area contributed by atoms with E-state index in [2.05, 4.69) is 20.8 Å². The molecule has 1 N–H and O–H groups in total. The van der Waals surface area contributed by atoms with E-state index >= 15 is 0 Å². The summed E-state index contributed by atoms with van der Waals surface area (Å²) in [6.45, 7) is 1.87. The van der Waals surface area contributed by atoms with Gasteiger partial charge in [0.15, 0.2) is 0 Å². The highest BCUT2D eigenvalue weighted by Crippen LogP contribution is 2.20. The lowest BCUT2D eigenvalue weighted by molar-refractivity contribution is -0.385. The van der Waals surface area contributed by atoms with Crippen molar-refractivity contribution in [1.29, 1.82) is 0 Å². The lowest BCUT2D eigenvalue weighted by Gasteiger charge is -2.09. The Kier molecular flexibility index (Phi) is 4.46. The predicted molar refractivity (Wildman–Crippen MR) is 89.3 cm³/mol. The van der Waals surface area contributed by atoms with Crippen LogP contribution in [-0.2, 0) is 11.2 Å². The van der Waals surface area contributed by atoms with Gasteiger partial charge < -0.3 is 5.32 Å². The molecule has 2 aromatic carbocycles. The van der Waals surface area contributed by atoms with Crippen molar-refractivity contribution in [2.75, 3.05) is 5.32 Å². The molecule has 9 nitrogen and oxygen atoms in total. The number of aryl methyl sites for hydroxylation is 1. The summed E-state index contributed by atoms with van der Waals surface area (Å²) in [5.41, 5.74) is 2.56. The minimum Gasteiger partial charge on any atom is -0.326 e. The highest BCUT2D eigenvalue weighted by Gasteiger charge is 2.15. The molecule has 9 heteroatoms. The monoisotopic (exact) mass is 338 g/mol.